The molecule has 0 radical (unpaired) electrons. The van der Waals surface area contributed by atoms with Gasteiger partial charge in [0.2, 0.25) is 0 Å². The zero-order valence-corrected chi connectivity index (χ0v) is 14.3. The van der Waals surface area contributed by atoms with E-state index in [2.05, 4.69) is 15.5 Å². The zero-order chi connectivity index (χ0) is 18.7. The van der Waals surface area contributed by atoms with Gasteiger partial charge in [0.15, 0.2) is 17.6 Å². The van der Waals surface area contributed by atoms with Crippen molar-refractivity contribution in [3.63, 3.8) is 0 Å². The first-order valence-electron chi connectivity index (χ1n) is 8.01. The average molecular weight is 351 g/mol. The fourth-order valence-electron chi connectivity index (χ4n) is 2.45. The largest absolute Gasteiger partial charge is 0.448 e. The lowest BCUT2D eigenvalue weighted by atomic mass is 10.1. The number of carbonyl (C=O) groups excluding carboxylic acids is 3. The van der Waals surface area contributed by atoms with Crippen molar-refractivity contribution in [2.45, 2.75) is 20.0 Å². The van der Waals surface area contributed by atoms with E-state index in [-0.39, 0.29) is 11.5 Å². The number of nitrogens with one attached hydrogen (secondary N) is 2. The van der Waals surface area contributed by atoms with Gasteiger partial charge in [-0.2, -0.15) is 5.10 Å². The van der Waals surface area contributed by atoms with E-state index in [9.17, 15) is 14.4 Å². The van der Waals surface area contributed by atoms with Crippen LogP contribution in [0.15, 0.2) is 48.5 Å². The Labute approximate surface area is 149 Å². The summed E-state index contributed by atoms with van der Waals surface area (Å²) in [5.41, 5.74) is 1.77. The van der Waals surface area contributed by atoms with Gasteiger partial charge >= 0.3 is 5.97 Å². The van der Waals surface area contributed by atoms with E-state index >= 15 is 0 Å². The van der Waals surface area contributed by atoms with Gasteiger partial charge in [0.1, 0.15) is 0 Å². The minimum absolute atomic E-state index is 0.106. The number of benzene rings is 2. The first-order chi connectivity index (χ1) is 12.5. The minimum atomic E-state index is -1.03. The van der Waals surface area contributed by atoms with E-state index in [0.717, 1.165) is 0 Å². The minimum Gasteiger partial charge on any atom is -0.448 e. The first-order valence-corrected chi connectivity index (χ1v) is 8.01. The number of amides is 1. The van der Waals surface area contributed by atoms with Gasteiger partial charge in [0, 0.05) is 16.6 Å². The summed E-state index contributed by atoms with van der Waals surface area (Å²) in [5, 5.41) is 9.95. The van der Waals surface area contributed by atoms with E-state index in [1.54, 1.807) is 42.5 Å². The first kappa shape index (κ1) is 17.3. The third-order valence-electron chi connectivity index (χ3n) is 3.85. The summed E-state index contributed by atoms with van der Waals surface area (Å²) in [7, 11) is 0. The number of ether oxygens (including phenoxy) is 1. The molecule has 2 N–H and O–H groups in total. The van der Waals surface area contributed by atoms with Gasteiger partial charge in [-0.1, -0.05) is 30.3 Å². The van der Waals surface area contributed by atoms with Gasteiger partial charge in [0.25, 0.3) is 5.91 Å². The quantitative estimate of drug-likeness (QED) is 0.544. The molecule has 0 saturated heterocycles. The van der Waals surface area contributed by atoms with Crippen molar-refractivity contribution in [3.05, 3.63) is 59.8 Å². The second-order valence-corrected chi connectivity index (χ2v) is 5.79. The number of aromatic nitrogens is 2. The maximum atomic E-state index is 12.3. The number of H-pyrrole nitrogens is 1. The number of para-hydroxylation sites is 1. The van der Waals surface area contributed by atoms with E-state index < -0.39 is 18.0 Å². The Bertz CT molecular complexity index is 993. The highest BCUT2D eigenvalue weighted by Gasteiger charge is 2.22. The Balaban J connectivity index is 1.68. The Morgan fingerprint density at radius 1 is 1.12 bits per heavy atom. The molecule has 1 unspecified atom stereocenters. The fraction of sp³-hybridized carbons (Fsp3) is 0.158. The molecule has 7 heteroatoms. The standard InChI is InChI=1S/C19H17N3O4/c1-11(23)13-6-5-7-14(10-13)20-18(24)12(2)26-19(25)17-15-8-3-4-9-16(15)21-22-17/h3-10,12H,1-2H3,(H,20,24)(H,21,22). The molecule has 132 valence electrons. The van der Waals surface area contributed by atoms with Crippen LogP contribution < -0.4 is 5.32 Å². The number of esters is 1. The number of rotatable bonds is 5. The third-order valence-corrected chi connectivity index (χ3v) is 3.85. The molecule has 1 amide bonds. The Morgan fingerprint density at radius 2 is 1.88 bits per heavy atom. The maximum absolute atomic E-state index is 12.3. The molecule has 0 aliphatic carbocycles. The number of hydrogen-bond acceptors (Lipinski definition) is 5. The summed E-state index contributed by atoms with van der Waals surface area (Å²) < 4.78 is 5.21. The number of ketones is 1. The van der Waals surface area contributed by atoms with Crippen molar-refractivity contribution in [3.8, 4) is 0 Å². The van der Waals surface area contributed by atoms with Gasteiger partial charge in [0.05, 0.1) is 5.52 Å². The molecule has 26 heavy (non-hydrogen) atoms. The van der Waals surface area contributed by atoms with Crippen molar-refractivity contribution in [1.82, 2.24) is 10.2 Å². The number of anilines is 1. The zero-order valence-electron chi connectivity index (χ0n) is 14.3. The molecule has 1 aromatic heterocycles. The van der Waals surface area contributed by atoms with Crippen molar-refractivity contribution in [2.75, 3.05) is 5.32 Å². The molecule has 7 nitrogen and oxygen atoms in total. The molecule has 1 heterocycles. The molecule has 2 aromatic carbocycles. The summed E-state index contributed by atoms with van der Waals surface area (Å²) in [4.78, 5) is 36.0. The second kappa shape index (κ2) is 7.18. The molecule has 0 bridgehead atoms. The second-order valence-electron chi connectivity index (χ2n) is 5.79. The predicted molar refractivity (Wildman–Crippen MR) is 96.0 cm³/mol. The number of hydrogen-bond donors (Lipinski definition) is 2. The molecule has 1 atom stereocenters. The smallest absolute Gasteiger partial charge is 0.360 e. The highest BCUT2D eigenvalue weighted by Crippen LogP contribution is 2.17. The van der Waals surface area contributed by atoms with Crippen molar-refractivity contribution in [1.29, 1.82) is 0 Å². The molecular formula is C19H17N3O4. The van der Waals surface area contributed by atoms with Crippen LogP contribution in [0.5, 0.6) is 0 Å². The summed E-state index contributed by atoms with van der Waals surface area (Å²) in [6, 6.07) is 13.7. The van der Waals surface area contributed by atoms with Crippen LogP contribution in [-0.2, 0) is 9.53 Å². The van der Waals surface area contributed by atoms with Crippen molar-refractivity contribution < 1.29 is 19.1 Å². The molecule has 0 spiro atoms. The molecule has 3 aromatic rings. The number of carbonyl (C=O) groups is 3. The number of fused-ring (bicyclic) bond motifs is 1. The van der Waals surface area contributed by atoms with Gasteiger partial charge in [-0.15, -0.1) is 0 Å². The summed E-state index contributed by atoms with van der Waals surface area (Å²) in [6.45, 7) is 2.91. The van der Waals surface area contributed by atoms with E-state index in [1.165, 1.54) is 13.8 Å². The average Bonchev–Trinajstić information content (AvgIpc) is 3.06. The van der Waals surface area contributed by atoms with Crippen LogP contribution in [0.2, 0.25) is 0 Å². The van der Waals surface area contributed by atoms with Gasteiger partial charge < -0.3 is 10.1 Å². The lowest BCUT2D eigenvalue weighted by Gasteiger charge is -2.13. The SMILES string of the molecule is CC(=O)c1cccc(NC(=O)C(C)OC(=O)c2n[nH]c3ccccc23)c1. The van der Waals surface area contributed by atoms with Gasteiger partial charge in [-0.25, -0.2) is 4.79 Å². The van der Waals surface area contributed by atoms with Crippen LogP contribution in [0.4, 0.5) is 5.69 Å². The molecule has 0 aliphatic heterocycles. The molecule has 0 saturated carbocycles. The predicted octanol–water partition coefficient (Wildman–Crippen LogP) is 2.95. The Hall–Kier alpha value is -3.48. The van der Waals surface area contributed by atoms with Crippen molar-refractivity contribution >= 4 is 34.3 Å². The molecule has 0 aliphatic rings. The van der Waals surface area contributed by atoms with Gasteiger partial charge in [-0.05, 0) is 32.0 Å². The number of Topliss-reactive ketones (excluding diaryl/α,β-unsaturated/α-hetero) is 1. The van der Waals surface area contributed by atoms with Crippen LogP contribution in [-0.4, -0.2) is 34.0 Å². The van der Waals surface area contributed by atoms with E-state index in [4.69, 9.17) is 4.74 Å². The van der Waals surface area contributed by atoms with Crippen LogP contribution in [0.1, 0.15) is 34.7 Å². The normalized spacial score (nSPS) is 11.8. The van der Waals surface area contributed by atoms with Crippen LogP contribution >= 0.6 is 0 Å². The third kappa shape index (κ3) is 3.61. The van der Waals surface area contributed by atoms with Crippen LogP contribution in [0.3, 0.4) is 0 Å². The summed E-state index contributed by atoms with van der Waals surface area (Å²) >= 11 is 0. The highest BCUT2D eigenvalue weighted by molar-refractivity contribution is 6.03. The highest BCUT2D eigenvalue weighted by atomic mass is 16.5. The van der Waals surface area contributed by atoms with E-state index in [0.29, 0.717) is 22.2 Å². The Kier molecular flexibility index (Phi) is 4.79. The lowest BCUT2D eigenvalue weighted by molar-refractivity contribution is -0.123. The summed E-state index contributed by atoms with van der Waals surface area (Å²) in [6.07, 6.45) is -1.03. The number of nitrogens with zero attached hydrogens (tertiary/aromatic N) is 1. The summed E-state index contributed by atoms with van der Waals surface area (Å²) in [5.74, 6) is -1.30. The Morgan fingerprint density at radius 3 is 2.65 bits per heavy atom. The number of aromatic amines is 1. The van der Waals surface area contributed by atoms with Crippen LogP contribution in [0, 0.1) is 0 Å². The lowest BCUT2D eigenvalue weighted by Crippen LogP contribution is -2.30. The van der Waals surface area contributed by atoms with Gasteiger partial charge in [-0.3, -0.25) is 14.7 Å². The molecule has 3 rings (SSSR count). The van der Waals surface area contributed by atoms with E-state index in [1.807, 2.05) is 6.07 Å². The van der Waals surface area contributed by atoms with Crippen molar-refractivity contribution in [2.24, 2.45) is 0 Å². The monoisotopic (exact) mass is 351 g/mol. The topological polar surface area (TPSA) is 101 Å². The molecular weight excluding hydrogens is 334 g/mol. The fourth-order valence-corrected chi connectivity index (χ4v) is 2.45. The maximum Gasteiger partial charge on any atom is 0.360 e. The molecule has 0 fully saturated rings. The van der Waals surface area contributed by atoms with Crippen LogP contribution in [0.25, 0.3) is 10.9 Å².